The Kier molecular flexibility index (Phi) is 3.68. The summed E-state index contributed by atoms with van der Waals surface area (Å²) >= 11 is 0. The first-order valence-corrected chi connectivity index (χ1v) is 5.50. The Morgan fingerprint density at radius 1 is 1.50 bits per heavy atom. The first kappa shape index (κ1) is 12.7. The van der Waals surface area contributed by atoms with Gasteiger partial charge in [0, 0.05) is 18.5 Å². The van der Waals surface area contributed by atoms with Crippen molar-refractivity contribution in [3.05, 3.63) is 24.3 Å². The predicted octanol–water partition coefficient (Wildman–Crippen LogP) is 2.29. The van der Waals surface area contributed by atoms with Crippen LogP contribution >= 0.6 is 0 Å². The minimum atomic E-state index is -0.158. The van der Waals surface area contributed by atoms with Crippen LogP contribution in [0.25, 0.3) is 0 Å². The molecule has 0 aromatic heterocycles. The van der Waals surface area contributed by atoms with Crippen molar-refractivity contribution < 1.29 is 9.59 Å². The molecule has 0 atom stereocenters. The van der Waals surface area contributed by atoms with Crippen LogP contribution in [0.4, 0.5) is 0 Å². The van der Waals surface area contributed by atoms with Crippen molar-refractivity contribution in [3.8, 4) is 0 Å². The van der Waals surface area contributed by atoms with E-state index in [1.165, 1.54) is 4.90 Å². The van der Waals surface area contributed by atoms with Crippen molar-refractivity contribution in [3.63, 3.8) is 0 Å². The third kappa shape index (κ3) is 3.65. The van der Waals surface area contributed by atoms with Crippen molar-refractivity contribution in [1.82, 2.24) is 4.90 Å². The van der Waals surface area contributed by atoms with E-state index in [-0.39, 0.29) is 17.2 Å². The van der Waals surface area contributed by atoms with Gasteiger partial charge in [-0.1, -0.05) is 32.9 Å². The molecule has 3 nitrogen and oxygen atoms in total. The van der Waals surface area contributed by atoms with Crippen molar-refractivity contribution in [2.45, 2.75) is 33.6 Å². The molecule has 0 saturated carbocycles. The molecule has 88 valence electrons. The van der Waals surface area contributed by atoms with Gasteiger partial charge in [0.1, 0.15) is 0 Å². The van der Waals surface area contributed by atoms with Gasteiger partial charge in [0.05, 0.1) is 0 Å². The van der Waals surface area contributed by atoms with E-state index in [4.69, 9.17) is 0 Å². The van der Waals surface area contributed by atoms with Crippen LogP contribution in [0, 0.1) is 5.41 Å². The maximum Gasteiger partial charge on any atom is 0.256 e. The lowest BCUT2D eigenvalue weighted by atomic mass is 9.91. The summed E-state index contributed by atoms with van der Waals surface area (Å²) in [5, 5.41) is 0. The van der Waals surface area contributed by atoms with E-state index < -0.39 is 0 Å². The molecule has 1 aliphatic rings. The van der Waals surface area contributed by atoms with Gasteiger partial charge in [-0.3, -0.25) is 14.5 Å². The molecule has 0 bridgehead atoms. The van der Waals surface area contributed by atoms with E-state index >= 15 is 0 Å². The molecule has 0 unspecified atom stereocenters. The second-order valence-corrected chi connectivity index (χ2v) is 5.27. The highest BCUT2D eigenvalue weighted by Gasteiger charge is 2.29. The van der Waals surface area contributed by atoms with E-state index in [9.17, 15) is 9.59 Å². The van der Waals surface area contributed by atoms with Crippen LogP contribution in [-0.2, 0) is 9.59 Å². The van der Waals surface area contributed by atoms with Crippen LogP contribution < -0.4 is 0 Å². The summed E-state index contributed by atoms with van der Waals surface area (Å²) in [5.74, 6) is -0.278. The summed E-state index contributed by atoms with van der Waals surface area (Å²) in [4.78, 5) is 25.1. The number of carbonyl (C=O) groups excluding carboxylic acids is 2. The fourth-order valence-electron chi connectivity index (χ4n) is 1.38. The highest BCUT2D eigenvalue weighted by molar-refractivity contribution is 6.06. The van der Waals surface area contributed by atoms with E-state index in [1.54, 1.807) is 6.08 Å². The average Bonchev–Trinajstić information content (AvgIpc) is 2.92. The summed E-state index contributed by atoms with van der Waals surface area (Å²) in [7, 11) is 0. The zero-order chi connectivity index (χ0) is 12.3. The quantitative estimate of drug-likeness (QED) is 0.683. The van der Waals surface area contributed by atoms with Gasteiger partial charge in [0.2, 0.25) is 5.91 Å². The van der Waals surface area contributed by atoms with Gasteiger partial charge < -0.3 is 0 Å². The molecule has 0 N–H and O–H groups in total. The molecule has 0 radical (unpaired) electrons. The van der Waals surface area contributed by atoms with Crippen LogP contribution in [-0.4, -0.2) is 23.3 Å². The van der Waals surface area contributed by atoms with Crippen molar-refractivity contribution >= 4 is 11.8 Å². The molecule has 0 saturated heterocycles. The Hall–Kier alpha value is -1.38. The van der Waals surface area contributed by atoms with Crippen LogP contribution in [0.5, 0.6) is 0 Å². The molecule has 0 aliphatic heterocycles. The minimum Gasteiger partial charge on any atom is -0.275 e. The number of allylic oxidation sites excluding steroid dienone is 1. The minimum absolute atomic E-state index is 0.102. The Balaban J connectivity index is 2.69. The second-order valence-electron chi connectivity index (χ2n) is 5.27. The van der Waals surface area contributed by atoms with Gasteiger partial charge in [0.15, 0.2) is 0 Å². The van der Waals surface area contributed by atoms with Gasteiger partial charge >= 0.3 is 0 Å². The zero-order valence-corrected chi connectivity index (χ0v) is 10.2. The molecule has 1 rings (SSSR count). The third-order valence-electron chi connectivity index (χ3n) is 2.22. The predicted molar refractivity (Wildman–Crippen MR) is 63.7 cm³/mol. The van der Waals surface area contributed by atoms with Crippen molar-refractivity contribution in [2.75, 3.05) is 6.54 Å². The molecular weight excluding hydrogens is 202 g/mol. The van der Waals surface area contributed by atoms with Crippen molar-refractivity contribution in [2.24, 2.45) is 5.41 Å². The van der Waals surface area contributed by atoms with Crippen molar-refractivity contribution in [1.29, 1.82) is 0 Å². The van der Waals surface area contributed by atoms with Gasteiger partial charge in [-0.2, -0.15) is 0 Å². The Labute approximate surface area is 96.8 Å². The number of rotatable bonds is 4. The Morgan fingerprint density at radius 2 is 2.06 bits per heavy atom. The lowest BCUT2D eigenvalue weighted by Crippen LogP contribution is -2.38. The highest BCUT2D eigenvalue weighted by atomic mass is 16.2. The summed E-state index contributed by atoms with van der Waals surface area (Å²) in [6.45, 7) is 9.82. The molecular formula is C13H19NO2. The average molecular weight is 221 g/mol. The fraction of sp³-hybridized carbons (Fsp3) is 0.538. The highest BCUT2D eigenvalue weighted by Crippen LogP contribution is 2.24. The summed E-state index contributed by atoms with van der Waals surface area (Å²) in [6.07, 6.45) is 4.51. The number of hydrogen-bond acceptors (Lipinski definition) is 2. The Morgan fingerprint density at radius 3 is 2.44 bits per heavy atom. The summed E-state index contributed by atoms with van der Waals surface area (Å²) in [5.41, 5.74) is 0.637. The largest absolute Gasteiger partial charge is 0.275 e. The molecule has 0 heterocycles. The topological polar surface area (TPSA) is 37.4 Å². The number of amides is 2. The molecule has 0 aromatic carbocycles. The van der Waals surface area contributed by atoms with Gasteiger partial charge in [-0.25, -0.2) is 0 Å². The molecule has 16 heavy (non-hydrogen) atoms. The fourth-order valence-corrected chi connectivity index (χ4v) is 1.38. The number of carbonyl (C=O) groups is 2. The smallest absolute Gasteiger partial charge is 0.256 e. The SMILES string of the molecule is C=CCN(C(=O)CC(C)(C)C)C(=O)C1=CC1. The van der Waals surface area contributed by atoms with E-state index in [1.807, 2.05) is 26.8 Å². The first-order valence-electron chi connectivity index (χ1n) is 5.50. The lowest BCUT2D eigenvalue weighted by molar-refractivity contribution is -0.142. The first-order chi connectivity index (χ1) is 7.35. The van der Waals surface area contributed by atoms with E-state index in [0.717, 1.165) is 12.0 Å². The molecule has 2 amide bonds. The van der Waals surface area contributed by atoms with Crippen LogP contribution in [0.2, 0.25) is 0 Å². The molecule has 0 fully saturated rings. The summed E-state index contributed by atoms with van der Waals surface area (Å²) in [6, 6.07) is 0. The van der Waals surface area contributed by atoms with Gasteiger partial charge in [0.25, 0.3) is 5.91 Å². The number of hydrogen-bond donors (Lipinski definition) is 0. The molecule has 0 aromatic rings. The summed E-state index contributed by atoms with van der Waals surface area (Å²) < 4.78 is 0. The lowest BCUT2D eigenvalue weighted by Gasteiger charge is -2.23. The zero-order valence-electron chi connectivity index (χ0n) is 10.2. The standard InChI is InChI=1S/C13H19NO2/c1-5-8-14(12(16)10-6-7-10)11(15)9-13(2,3)4/h5-6H,1,7-9H2,2-4H3. The van der Waals surface area contributed by atoms with Crippen LogP contribution in [0.3, 0.4) is 0 Å². The maximum absolute atomic E-state index is 12.0. The van der Waals surface area contributed by atoms with Gasteiger partial charge in [-0.15, -0.1) is 6.58 Å². The second kappa shape index (κ2) is 4.64. The van der Waals surface area contributed by atoms with E-state index in [2.05, 4.69) is 6.58 Å². The van der Waals surface area contributed by atoms with Crippen LogP contribution in [0.1, 0.15) is 33.6 Å². The van der Waals surface area contributed by atoms with E-state index in [0.29, 0.717) is 13.0 Å². The number of nitrogens with zero attached hydrogens (tertiary/aromatic N) is 1. The number of imide groups is 1. The molecule has 0 spiro atoms. The third-order valence-corrected chi connectivity index (χ3v) is 2.22. The van der Waals surface area contributed by atoms with Gasteiger partial charge in [-0.05, 0) is 11.8 Å². The Bertz CT molecular complexity index is 347. The van der Waals surface area contributed by atoms with Crippen LogP contribution in [0.15, 0.2) is 24.3 Å². The monoisotopic (exact) mass is 221 g/mol. The molecule has 1 aliphatic carbocycles. The normalized spacial score (nSPS) is 14.1. The maximum atomic E-state index is 12.0. The molecule has 3 heteroatoms.